The van der Waals surface area contributed by atoms with E-state index in [0.717, 1.165) is 43.6 Å². The van der Waals surface area contributed by atoms with Gasteiger partial charge in [0.05, 0.1) is 25.0 Å². The van der Waals surface area contributed by atoms with Crippen LogP contribution in [0.3, 0.4) is 0 Å². The summed E-state index contributed by atoms with van der Waals surface area (Å²) in [5.41, 5.74) is 3.07. The molecular weight excluding hydrogens is 379 g/mol. The van der Waals surface area contributed by atoms with Gasteiger partial charge in [-0.3, -0.25) is 9.59 Å². The number of alkyl halides is 3. The molecule has 7 nitrogen and oxygen atoms in total. The number of aliphatic carboxylic acids is 1. The topological polar surface area (TPSA) is 106 Å². The Labute approximate surface area is 158 Å². The van der Waals surface area contributed by atoms with E-state index in [1.165, 1.54) is 5.56 Å². The molecule has 1 aromatic rings. The van der Waals surface area contributed by atoms with Crippen LogP contribution in [0.4, 0.5) is 13.2 Å². The number of rotatable bonds is 1. The van der Waals surface area contributed by atoms with Gasteiger partial charge in [0.15, 0.2) is 0 Å². The van der Waals surface area contributed by atoms with Crippen LogP contribution in [0.25, 0.3) is 0 Å². The normalized spacial score (nSPS) is 23.2. The molecule has 0 radical (unpaired) electrons. The number of halogens is 3. The highest BCUT2D eigenvalue weighted by Gasteiger charge is 2.40. The standard InChI is InChI=1S/C16H19N3O2.C2HF3O2/c20-15-12-3-1-2-10-5-7-19(13(9-18-15)14(10)12)16(21)11-4-6-17-8-11;3-2(4,5)1(6)7/h1-3,11,13,17H,4-9H2,(H,18,20);(H,6,7). The number of nitrogens with two attached hydrogens (primary N) is 1. The molecule has 3 heterocycles. The lowest BCUT2D eigenvalue weighted by Gasteiger charge is -2.41. The summed E-state index contributed by atoms with van der Waals surface area (Å²) in [6, 6.07) is 5.93. The largest absolute Gasteiger partial charge is 0.542 e. The minimum Gasteiger partial charge on any atom is -0.542 e. The fourth-order valence-electron chi connectivity index (χ4n) is 3.95. The number of quaternary nitrogens is 1. The second-order valence-corrected chi connectivity index (χ2v) is 6.97. The van der Waals surface area contributed by atoms with Gasteiger partial charge in [-0.05, 0) is 23.6 Å². The van der Waals surface area contributed by atoms with Gasteiger partial charge >= 0.3 is 6.18 Å². The number of carbonyl (C=O) groups excluding carboxylic acids is 3. The third kappa shape index (κ3) is 3.96. The van der Waals surface area contributed by atoms with Crippen LogP contribution in [-0.2, 0) is 16.0 Å². The van der Waals surface area contributed by atoms with Gasteiger partial charge in [-0.15, -0.1) is 0 Å². The maximum absolute atomic E-state index is 12.8. The number of nitrogens with zero attached hydrogens (tertiary/aromatic N) is 1. The molecule has 152 valence electrons. The van der Waals surface area contributed by atoms with E-state index >= 15 is 0 Å². The molecule has 0 aromatic heterocycles. The van der Waals surface area contributed by atoms with Gasteiger partial charge in [-0.2, -0.15) is 13.2 Å². The van der Waals surface area contributed by atoms with Crippen molar-refractivity contribution in [1.29, 1.82) is 0 Å². The second kappa shape index (κ2) is 7.78. The zero-order chi connectivity index (χ0) is 20.5. The molecule has 3 aliphatic heterocycles. The SMILES string of the molecule is O=C([O-])C(F)(F)F.O=C1NCC2c3c(cccc31)CCN2C(=O)C1CC[NH2+]C1. The van der Waals surface area contributed by atoms with Crippen molar-refractivity contribution in [3.63, 3.8) is 0 Å². The molecule has 28 heavy (non-hydrogen) atoms. The number of hydrogen-bond donors (Lipinski definition) is 2. The van der Waals surface area contributed by atoms with Crippen molar-refractivity contribution in [2.75, 3.05) is 26.2 Å². The van der Waals surface area contributed by atoms with Crippen molar-refractivity contribution >= 4 is 17.8 Å². The van der Waals surface area contributed by atoms with Gasteiger partial charge in [0.1, 0.15) is 5.97 Å². The van der Waals surface area contributed by atoms with E-state index in [1.807, 2.05) is 17.0 Å². The Morgan fingerprint density at radius 1 is 1.29 bits per heavy atom. The van der Waals surface area contributed by atoms with E-state index in [-0.39, 0.29) is 23.8 Å². The van der Waals surface area contributed by atoms with E-state index in [0.29, 0.717) is 6.54 Å². The van der Waals surface area contributed by atoms with Crippen LogP contribution in [0.5, 0.6) is 0 Å². The third-order valence-electron chi connectivity index (χ3n) is 5.26. The molecule has 0 saturated carbocycles. The lowest BCUT2D eigenvalue weighted by atomic mass is 9.85. The zero-order valence-electron chi connectivity index (χ0n) is 14.9. The Bertz CT molecular complexity index is 791. The predicted molar refractivity (Wildman–Crippen MR) is 87.8 cm³/mol. The fraction of sp³-hybridized carbons (Fsp3) is 0.500. The molecule has 3 aliphatic rings. The Hall–Kier alpha value is -2.62. The molecule has 1 saturated heterocycles. The number of carbonyl (C=O) groups is 3. The molecule has 4 rings (SSSR count). The summed E-state index contributed by atoms with van der Waals surface area (Å²) in [6.07, 6.45) is -3.36. The molecule has 0 aliphatic carbocycles. The Morgan fingerprint density at radius 3 is 2.61 bits per heavy atom. The lowest BCUT2D eigenvalue weighted by Crippen LogP contribution is -2.81. The first kappa shape index (κ1) is 20.1. The minimum absolute atomic E-state index is 0.00778. The summed E-state index contributed by atoms with van der Waals surface area (Å²) in [5, 5.41) is 13.9. The smallest absolute Gasteiger partial charge is 0.430 e. The van der Waals surface area contributed by atoms with Gasteiger partial charge < -0.3 is 25.4 Å². The first-order valence-electron chi connectivity index (χ1n) is 9.00. The minimum atomic E-state index is -5.19. The van der Waals surface area contributed by atoms with Crippen LogP contribution in [0, 0.1) is 5.92 Å². The van der Waals surface area contributed by atoms with Crippen molar-refractivity contribution in [1.82, 2.24) is 10.2 Å². The first-order chi connectivity index (χ1) is 13.2. The highest BCUT2D eigenvalue weighted by atomic mass is 19.4. The van der Waals surface area contributed by atoms with Crippen molar-refractivity contribution < 1.29 is 38.0 Å². The number of carboxylic acid groups (broad SMARTS) is 1. The maximum atomic E-state index is 12.8. The average molecular weight is 399 g/mol. The summed E-state index contributed by atoms with van der Waals surface area (Å²) >= 11 is 0. The molecule has 10 heteroatoms. The van der Waals surface area contributed by atoms with Crippen LogP contribution in [0.1, 0.15) is 33.9 Å². The third-order valence-corrected chi connectivity index (χ3v) is 5.26. The Balaban J connectivity index is 0.000000279. The average Bonchev–Trinajstić information content (AvgIpc) is 3.18. The molecule has 2 atom stereocenters. The highest BCUT2D eigenvalue weighted by molar-refractivity contribution is 5.98. The van der Waals surface area contributed by atoms with Gasteiger partial charge in [0.2, 0.25) is 5.91 Å². The first-order valence-corrected chi connectivity index (χ1v) is 9.00. The molecule has 0 bridgehead atoms. The van der Waals surface area contributed by atoms with E-state index in [2.05, 4.69) is 16.7 Å². The van der Waals surface area contributed by atoms with Gasteiger partial charge in [0, 0.05) is 25.1 Å². The van der Waals surface area contributed by atoms with Crippen molar-refractivity contribution in [2.24, 2.45) is 5.92 Å². The monoisotopic (exact) mass is 399 g/mol. The molecule has 1 aromatic carbocycles. The zero-order valence-corrected chi connectivity index (χ0v) is 14.9. The van der Waals surface area contributed by atoms with E-state index in [9.17, 15) is 22.8 Å². The van der Waals surface area contributed by atoms with Crippen LogP contribution in [-0.4, -0.2) is 55.0 Å². The summed E-state index contributed by atoms with van der Waals surface area (Å²) in [4.78, 5) is 35.6. The Kier molecular flexibility index (Phi) is 5.59. The quantitative estimate of drug-likeness (QED) is 0.615. The predicted octanol–water partition coefficient (Wildman–Crippen LogP) is -1.26. The molecule has 2 unspecified atom stereocenters. The number of nitrogens with one attached hydrogen (secondary N) is 1. The van der Waals surface area contributed by atoms with Crippen LogP contribution >= 0.6 is 0 Å². The van der Waals surface area contributed by atoms with Gasteiger partial charge in [-0.1, -0.05) is 12.1 Å². The van der Waals surface area contributed by atoms with Crippen molar-refractivity contribution in [3.8, 4) is 0 Å². The molecule has 0 spiro atoms. The molecule has 1 fully saturated rings. The summed E-state index contributed by atoms with van der Waals surface area (Å²) in [6.45, 7) is 3.27. The summed E-state index contributed by atoms with van der Waals surface area (Å²) < 4.78 is 31.5. The van der Waals surface area contributed by atoms with Gasteiger partial charge in [-0.25, -0.2) is 0 Å². The highest BCUT2D eigenvalue weighted by Crippen LogP contribution is 2.35. The van der Waals surface area contributed by atoms with E-state index < -0.39 is 12.1 Å². The second-order valence-electron chi connectivity index (χ2n) is 6.97. The fourth-order valence-corrected chi connectivity index (χ4v) is 3.95. The van der Waals surface area contributed by atoms with Crippen LogP contribution in [0.15, 0.2) is 18.2 Å². The Morgan fingerprint density at radius 2 is 2.00 bits per heavy atom. The number of carboxylic acids is 1. The van der Waals surface area contributed by atoms with E-state index in [1.54, 1.807) is 0 Å². The lowest BCUT2D eigenvalue weighted by molar-refractivity contribution is -0.637. The number of benzene rings is 1. The molecule has 3 N–H and O–H groups in total. The maximum Gasteiger partial charge on any atom is 0.430 e. The number of hydrogen-bond acceptors (Lipinski definition) is 4. The molecule has 2 amide bonds. The number of amides is 2. The van der Waals surface area contributed by atoms with Gasteiger partial charge in [0.25, 0.3) is 5.91 Å². The summed E-state index contributed by atoms with van der Waals surface area (Å²) in [5.74, 6) is -2.60. The van der Waals surface area contributed by atoms with Crippen LogP contribution in [0.2, 0.25) is 0 Å². The molecular formula is C18H20F3N3O4. The summed E-state index contributed by atoms with van der Waals surface area (Å²) in [7, 11) is 0. The van der Waals surface area contributed by atoms with Crippen molar-refractivity contribution in [2.45, 2.75) is 25.1 Å². The van der Waals surface area contributed by atoms with E-state index in [4.69, 9.17) is 9.90 Å². The van der Waals surface area contributed by atoms with Crippen LogP contribution < -0.4 is 15.7 Å². The van der Waals surface area contributed by atoms with Crippen molar-refractivity contribution in [3.05, 3.63) is 34.9 Å².